The van der Waals surface area contributed by atoms with Crippen LogP contribution in [0.15, 0.2) is 53.2 Å². The van der Waals surface area contributed by atoms with Gasteiger partial charge in [0.15, 0.2) is 0 Å². The molecule has 0 aromatic carbocycles. The maximum atomic E-state index is 4.16. The smallest absolute Gasteiger partial charge is 0.0374 e. The highest BCUT2D eigenvalue weighted by Crippen LogP contribution is 2.15. The van der Waals surface area contributed by atoms with Crippen molar-refractivity contribution in [3.05, 3.63) is 48.2 Å². The van der Waals surface area contributed by atoms with Crippen LogP contribution in [0.3, 0.4) is 0 Å². The topological polar surface area (TPSA) is 12.4 Å². The molecule has 0 atom stereocenters. The number of rotatable bonds is 5. The van der Waals surface area contributed by atoms with Crippen LogP contribution in [0.4, 0.5) is 0 Å². The molecule has 0 bridgehead atoms. The Balaban J connectivity index is 4.61. The molecule has 0 aliphatic rings. The summed E-state index contributed by atoms with van der Waals surface area (Å²) in [6.45, 7) is 13.6. The lowest BCUT2D eigenvalue weighted by molar-refractivity contribution is 1.22. The van der Waals surface area contributed by atoms with Crippen molar-refractivity contribution in [2.45, 2.75) is 27.2 Å². The highest BCUT2D eigenvalue weighted by molar-refractivity contribution is 5.55. The Morgan fingerprint density at radius 3 is 2.43 bits per heavy atom. The molecule has 0 unspecified atom stereocenters. The third kappa shape index (κ3) is 4.61. The second kappa shape index (κ2) is 7.07. The molecule has 0 radical (unpaired) electrons. The van der Waals surface area contributed by atoms with Gasteiger partial charge in [-0.15, -0.1) is 6.58 Å². The van der Waals surface area contributed by atoms with Crippen LogP contribution in [0.2, 0.25) is 0 Å². The molecule has 1 heteroatoms. The van der Waals surface area contributed by atoms with Crippen molar-refractivity contribution in [3.8, 4) is 0 Å². The summed E-state index contributed by atoms with van der Waals surface area (Å²) in [5.74, 6) is 0. The average molecular weight is 189 g/mol. The van der Waals surface area contributed by atoms with Gasteiger partial charge in [-0.2, -0.15) is 0 Å². The zero-order valence-corrected chi connectivity index (χ0v) is 9.38. The summed E-state index contributed by atoms with van der Waals surface area (Å²) in [7, 11) is 0. The molecular formula is C13H19N. The van der Waals surface area contributed by atoms with Gasteiger partial charge in [-0.25, -0.2) is 0 Å². The first-order valence-electron chi connectivity index (χ1n) is 4.78. The zero-order chi connectivity index (χ0) is 11.0. The summed E-state index contributed by atoms with van der Waals surface area (Å²) in [5, 5.41) is 0. The van der Waals surface area contributed by atoms with Crippen LogP contribution in [0, 0.1) is 0 Å². The number of allylic oxidation sites excluding steroid dienone is 6. The van der Waals surface area contributed by atoms with E-state index >= 15 is 0 Å². The SMILES string of the molecule is C=CC/C(=C\C)C(=C)/C=C(/C)N=CC. The van der Waals surface area contributed by atoms with Gasteiger partial charge in [0, 0.05) is 11.9 Å². The predicted octanol–water partition coefficient (Wildman–Crippen LogP) is 4.06. The van der Waals surface area contributed by atoms with Crippen molar-refractivity contribution in [2.24, 2.45) is 4.99 Å². The molecule has 76 valence electrons. The average Bonchev–Trinajstić information content (AvgIpc) is 2.14. The molecule has 0 saturated heterocycles. The van der Waals surface area contributed by atoms with Gasteiger partial charge in [-0.1, -0.05) is 18.7 Å². The maximum absolute atomic E-state index is 4.16. The third-order valence-electron chi connectivity index (χ3n) is 1.84. The van der Waals surface area contributed by atoms with Gasteiger partial charge in [0.1, 0.15) is 0 Å². The zero-order valence-electron chi connectivity index (χ0n) is 9.38. The van der Waals surface area contributed by atoms with E-state index in [0.717, 1.165) is 17.7 Å². The van der Waals surface area contributed by atoms with Gasteiger partial charge in [-0.05, 0) is 44.4 Å². The number of hydrogen-bond acceptors (Lipinski definition) is 1. The first kappa shape index (κ1) is 12.6. The summed E-state index contributed by atoms with van der Waals surface area (Å²) in [6, 6.07) is 0. The fraction of sp³-hybridized carbons (Fsp3) is 0.308. The lowest BCUT2D eigenvalue weighted by Crippen LogP contribution is -1.84. The van der Waals surface area contributed by atoms with Crippen LogP contribution in [0.5, 0.6) is 0 Å². The van der Waals surface area contributed by atoms with Crippen LogP contribution in [-0.2, 0) is 0 Å². The Labute approximate surface area is 87.3 Å². The fourth-order valence-electron chi connectivity index (χ4n) is 1.18. The largest absolute Gasteiger partial charge is 0.266 e. The van der Waals surface area contributed by atoms with E-state index in [1.165, 1.54) is 5.57 Å². The second-order valence-electron chi connectivity index (χ2n) is 3.00. The Bertz CT molecular complexity index is 290. The molecule has 0 fully saturated rings. The molecule has 0 aromatic heterocycles. The Morgan fingerprint density at radius 2 is 2.00 bits per heavy atom. The van der Waals surface area contributed by atoms with E-state index < -0.39 is 0 Å². The van der Waals surface area contributed by atoms with Crippen LogP contribution >= 0.6 is 0 Å². The van der Waals surface area contributed by atoms with Crippen molar-refractivity contribution in [2.75, 3.05) is 0 Å². The van der Waals surface area contributed by atoms with E-state index in [1.54, 1.807) is 6.21 Å². The van der Waals surface area contributed by atoms with Gasteiger partial charge in [0.25, 0.3) is 0 Å². The first-order valence-corrected chi connectivity index (χ1v) is 4.78. The summed E-state index contributed by atoms with van der Waals surface area (Å²) >= 11 is 0. The van der Waals surface area contributed by atoms with Crippen LogP contribution in [0.25, 0.3) is 0 Å². The molecule has 0 aliphatic heterocycles. The Hall–Kier alpha value is -1.37. The minimum Gasteiger partial charge on any atom is -0.266 e. The van der Waals surface area contributed by atoms with Crippen molar-refractivity contribution in [1.82, 2.24) is 0 Å². The van der Waals surface area contributed by atoms with Crippen molar-refractivity contribution in [1.29, 1.82) is 0 Å². The van der Waals surface area contributed by atoms with Crippen molar-refractivity contribution in [3.63, 3.8) is 0 Å². The Kier molecular flexibility index (Phi) is 6.38. The molecule has 0 heterocycles. The van der Waals surface area contributed by atoms with Crippen LogP contribution in [0.1, 0.15) is 27.2 Å². The monoisotopic (exact) mass is 189 g/mol. The van der Waals surface area contributed by atoms with E-state index in [2.05, 4.69) is 24.2 Å². The predicted molar refractivity (Wildman–Crippen MR) is 65.6 cm³/mol. The standard InChI is InChI=1S/C13H19N/c1-6-9-13(7-2)11(4)10-12(5)14-8-3/h6-8,10H,1,4,9H2,2-3,5H3/b12-10-,13-7+,14-8?. The highest BCUT2D eigenvalue weighted by atomic mass is 14.7. The number of nitrogens with zero attached hydrogens (tertiary/aromatic N) is 1. The van der Waals surface area contributed by atoms with E-state index in [9.17, 15) is 0 Å². The van der Waals surface area contributed by atoms with Gasteiger partial charge >= 0.3 is 0 Å². The summed E-state index contributed by atoms with van der Waals surface area (Å²) < 4.78 is 0. The van der Waals surface area contributed by atoms with E-state index in [4.69, 9.17) is 0 Å². The maximum Gasteiger partial charge on any atom is 0.0374 e. The van der Waals surface area contributed by atoms with Gasteiger partial charge in [0.05, 0.1) is 0 Å². The van der Waals surface area contributed by atoms with Gasteiger partial charge < -0.3 is 0 Å². The number of hydrogen-bond donors (Lipinski definition) is 0. The lowest BCUT2D eigenvalue weighted by atomic mass is 10.0. The van der Waals surface area contributed by atoms with Crippen molar-refractivity contribution >= 4 is 6.21 Å². The lowest BCUT2D eigenvalue weighted by Gasteiger charge is -2.03. The van der Waals surface area contributed by atoms with E-state index in [1.807, 2.05) is 32.9 Å². The molecule has 0 rings (SSSR count). The molecule has 0 saturated carbocycles. The van der Waals surface area contributed by atoms with E-state index in [-0.39, 0.29) is 0 Å². The molecule has 14 heavy (non-hydrogen) atoms. The van der Waals surface area contributed by atoms with Gasteiger partial charge in [-0.3, -0.25) is 4.99 Å². The quantitative estimate of drug-likeness (QED) is 0.351. The highest BCUT2D eigenvalue weighted by Gasteiger charge is 1.96. The number of aliphatic imine (C=N–C) groups is 1. The molecule has 0 amide bonds. The molecule has 0 spiro atoms. The molecule has 0 N–H and O–H groups in total. The molecular weight excluding hydrogens is 170 g/mol. The van der Waals surface area contributed by atoms with Crippen LogP contribution < -0.4 is 0 Å². The minimum atomic E-state index is 0.856. The van der Waals surface area contributed by atoms with E-state index in [0.29, 0.717) is 0 Å². The normalized spacial score (nSPS) is 13.4. The Morgan fingerprint density at radius 1 is 1.36 bits per heavy atom. The summed E-state index contributed by atoms with van der Waals surface area (Å²) in [4.78, 5) is 4.16. The first-order chi connectivity index (χ1) is 6.65. The molecule has 0 aromatic rings. The summed E-state index contributed by atoms with van der Waals surface area (Å²) in [5.41, 5.74) is 3.18. The van der Waals surface area contributed by atoms with Crippen LogP contribution in [-0.4, -0.2) is 6.21 Å². The third-order valence-corrected chi connectivity index (χ3v) is 1.84. The summed E-state index contributed by atoms with van der Waals surface area (Å²) in [6.07, 6.45) is 8.56. The van der Waals surface area contributed by atoms with Gasteiger partial charge in [0.2, 0.25) is 0 Å². The second-order valence-corrected chi connectivity index (χ2v) is 3.00. The van der Waals surface area contributed by atoms with Crippen molar-refractivity contribution < 1.29 is 0 Å². The fourth-order valence-corrected chi connectivity index (χ4v) is 1.18. The molecule has 0 aliphatic carbocycles. The molecule has 1 nitrogen and oxygen atoms in total. The minimum absolute atomic E-state index is 0.856.